The van der Waals surface area contributed by atoms with E-state index >= 15 is 0 Å². The van der Waals surface area contributed by atoms with Crippen molar-refractivity contribution in [2.45, 2.75) is 31.1 Å². The Balaban J connectivity index is 1.86. The summed E-state index contributed by atoms with van der Waals surface area (Å²) in [5, 5.41) is 3.65. The van der Waals surface area contributed by atoms with Crippen molar-refractivity contribution in [3.8, 4) is 17.2 Å². The average molecular weight is 420 g/mol. The third-order valence-corrected chi connectivity index (χ3v) is 6.48. The van der Waals surface area contributed by atoms with Crippen LogP contribution in [0, 0.1) is 0 Å². The number of rotatable bonds is 5. The van der Waals surface area contributed by atoms with Crippen LogP contribution in [-0.4, -0.2) is 49.4 Å². The van der Waals surface area contributed by atoms with Crippen molar-refractivity contribution in [3.63, 3.8) is 0 Å². The van der Waals surface area contributed by atoms with Crippen LogP contribution < -0.4 is 19.8 Å². The van der Waals surface area contributed by atoms with Gasteiger partial charge in [0, 0.05) is 18.8 Å². The Morgan fingerprint density at radius 1 is 1.14 bits per heavy atom. The van der Waals surface area contributed by atoms with Gasteiger partial charge in [-0.1, -0.05) is 11.8 Å². The van der Waals surface area contributed by atoms with Crippen molar-refractivity contribution in [1.82, 2.24) is 9.78 Å². The van der Waals surface area contributed by atoms with E-state index in [-0.39, 0.29) is 16.9 Å². The van der Waals surface area contributed by atoms with E-state index in [1.807, 2.05) is 23.7 Å². The van der Waals surface area contributed by atoms with Gasteiger partial charge in [-0.25, -0.2) is 4.99 Å². The van der Waals surface area contributed by atoms with Gasteiger partial charge in [-0.2, -0.15) is 0 Å². The van der Waals surface area contributed by atoms with Crippen molar-refractivity contribution in [3.05, 3.63) is 33.6 Å². The fourth-order valence-corrected chi connectivity index (χ4v) is 5.09. The molecular weight excluding hydrogens is 394 g/mol. The quantitative estimate of drug-likeness (QED) is 0.799. The molecule has 2 aliphatic heterocycles. The van der Waals surface area contributed by atoms with Crippen LogP contribution >= 0.6 is 11.8 Å². The van der Waals surface area contributed by atoms with Crippen molar-refractivity contribution >= 4 is 22.6 Å². The van der Waals surface area contributed by atoms with Crippen molar-refractivity contribution in [2.75, 3.05) is 34.5 Å². The molecule has 0 aliphatic carbocycles. The number of fused-ring (bicyclic) bond motifs is 1. The van der Waals surface area contributed by atoms with Gasteiger partial charge in [-0.3, -0.25) is 14.6 Å². The second kappa shape index (κ2) is 8.16. The molecule has 0 spiro atoms. The number of aromatic nitrogens is 2. The number of hydrogen-bond acceptors (Lipinski definition) is 7. The molecule has 0 unspecified atom stereocenters. The number of nitrogens with zero attached hydrogens (tertiary/aromatic N) is 2. The molecule has 2 aromatic rings. The maximum atomic E-state index is 13.0. The molecule has 29 heavy (non-hydrogen) atoms. The number of hydrogen-bond donors (Lipinski definition) is 1. The fourth-order valence-electron chi connectivity index (χ4n) is 3.97. The Kier molecular flexibility index (Phi) is 5.60. The Hall–Kier alpha value is -2.39. The molecular formula is C20H25N3O5S. The van der Waals surface area contributed by atoms with Gasteiger partial charge in [0.2, 0.25) is 5.75 Å². The molecule has 2 aliphatic rings. The highest BCUT2D eigenvalue weighted by Gasteiger charge is 2.35. The summed E-state index contributed by atoms with van der Waals surface area (Å²) in [4.78, 5) is 17.7. The third kappa shape index (κ3) is 3.42. The molecule has 0 amide bonds. The molecule has 4 rings (SSSR count). The van der Waals surface area contributed by atoms with E-state index < -0.39 is 0 Å². The highest BCUT2D eigenvalue weighted by molar-refractivity contribution is 8.14. The number of aliphatic imine (C=N–C) groups is 1. The SMILES string of the molecule is COc1ccc([C@@H]2SC(C)=Nc3c2c(=O)[nH]n3C2CCOCC2)c(OC)c1OC. The normalized spacial score (nSPS) is 19.4. The Bertz CT molecular complexity index is 991. The minimum atomic E-state index is -0.262. The monoisotopic (exact) mass is 419 g/mol. The lowest BCUT2D eigenvalue weighted by molar-refractivity contribution is 0.0666. The fraction of sp³-hybridized carbons (Fsp3) is 0.500. The van der Waals surface area contributed by atoms with Gasteiger partial charge < -0.3 is 18.9 Å². The highest BCUT2D eigenvalue weighted by Crippen LogP contribution is 2.51. The summed E-state index contributed by atoms with van der Waals surface area (Å²) in [6.45, 7) is 3.33. The Labute approximate surface area is 173 Å². The topological polar surface area (TPSA) is 87.1 Å². The van der Waals surface area contributed by atoms with Crippen LogP contribution in [0.5, 0.6) is 17.2 Å². The second-order valence-corrected chi connectivity index (χ2v) is 8.24. The van der Waals surface area contributed by atoms with Gasteiger partial charge in [0.05, 0.1) is 43.2 Å². The molecule has 8 nitrogen and oxygen atoms in total. The van der Waals surface area contributed by atoms with Gasteiger partial charge in [-0.15, -0.1) is 0 Å². The molecule has 0 saturated carbocycles. The molecule has 1 fully saturated rings. The Morgan fingerprint density at radius 3 is 2.52 bits per heavy atom. The number of thioether (sulfide) groups is 1. The van der Waals surface area contributed by atoms with Crippen molar-refractivity contribution in [2.24, 2.45) is 4.99 Å². The van der Waals surface area contributed by atoms with E-state index in [1.54, 1.807) is 21.3 Å². The van der Waals surface area contributed by atoms with Crippen LogP contribution in [-0.2, 0) is 4.74 Å². The average Bonchev–Trinajstić information content (AvgIpc) is 3.08. The summed E-state index contributed by atoms with van der Waals surface area (Å²) in [7, 11) is 4.75. The summed E-state index contributed by atoms with van der Waals surface area (Å²) in [5.41, 5.74) is 1.36. The van der Waals surface area contributed by atoms with E-state index in [9.17, 15) is 4.79 Å². The largest absolute Gasteiger partial charge is 0.493 e. The van der Waals surface area contributed by atoms with Gasteiger partial charge in [-0.05, 0) is 31.9 Å². The first kappa shape index (κ1) is 19.9. The number of methoxy groups -OCH3 is 3. The predicted octanol–water partition coefficient (Wildman–Crippen LogP) is 3.44. The molecule has 1 N–H and O–H groups in total. The zero-order chi connectivity index (χ0) is 20.5. The first-order valence-corrected chi connectivity index (χ1v) is 10.4. The van der Waals surface area contributed by atoms with Crippen LogP contribution in [0.2, 0.25) is 0 Å². The molecule has 0 radical (unpaired) electrons. The zero-order valence-electron chi connectivity index (χ0n) is 17.0. The van der Waals surface area contributed by atoms with Crippen molar-refractivity contribution in [1.29, 1.82) is 0 Å². The van der Waals surface area contributed by atoms with E-state index in [2.05, 4.69) is 5.10 Å². The molecule has 1 atom stereocenters. The van der Waals surface area contributed by atoms with Gasteiger partial charge in [0.1, 0.15) is 0 Å². The molecule has 9 heteroatoms. The number of benzene rings is 1. The number of H-pyrrole nitrogens is 1. The molecule has 156 valence electrons. The summed E-state index contributed by atoms with van der Waals surface area (Å²) in [6.07, 6.45) is 1.70. The summed E-state index contributed by atoms with van der Waals surface area (Å²) in [5.74, 6) is 2.34. The van der Waals surface area contributed by atoms with Gasteiger partial charge in [0.15, 0.2) is 17.3 Å². The van der Waals surface area contributed by atoms with E-state index in [0.717, 1.165) is 23.4 Å². The third-order valence-electron chi connectivity index (χ3n) is 5.32. The van der Waals surface area contributed by atoms with E-state index in [1.165, 1.54) is 11.8 Å². The molecule has 3 heterocycles. The zero-order valence-corrected chi connectivity index (χ0v) is 17.8. The van der Waals surface area contributed by atoms with Gasteiger partial charge >= 0.3 is 0 Å². The predicted molar refractivity (Wildman–Crippen MR) is 112 cm³/mol. The molecule has 1 saturated heterocycles. The van der Waals surface area contributed by atoms with E-state index in [0.29, 0.717) is 41.8 Å². The minimum Gasteiger partial charge on any atom is -0.493 e. The lowest BCUT2D eigenvalue weighted by Crippen LogP contribution is -2.21. The highest BCUT2D eigenvalue weighted by atomic mass is 32.2. The van der Waals surface area contributed by atoms with Crippen LogP contribution in [0.3, 0.4) is 0 Å². The lowest BCUT2D eigenvalue weighted by Gasteiger charge is -2.27. The number of aromatic amines is 1. The maximum absolute atomic E-state index is 13.0. The Morgan fingerprint density at radius 2 is 1.86 bits per heavy atom. The standard InChI is InChI=1S/C20H25N3O5S/c1-11-21-19-15(20(24)22-23(19)12-7-9-28-10-8-12)18(29-11)13-5-6-14(25-2)17(27-4)16(13)26-3/h5-6,12,18H,7-10H2,1-4H3,(H,22,24)/t18-/m0/s1. The first-order valence-electron chi connectivity index (χ1n) is 9.52. The molecule has 1 aromatic carbocycles. The van der Waals surface area contributed by atoms with Crippen molar-refractivity contribution < 1.29 is 18.9 Å². The lowest BCUT2D eigenvalue weighted by atomic mass is 10.0. The van der Waals surface area contributed by atoms with Crippen LogP contribution in [0.1, 0.15) is 42.2 Å². The second-order valence-electron chi connectivity index (χ2n) is 6.94. The van der Waals surface area contributed by atoms with Gasteiger partial charge in [0.25, 0.3) is 5.56 Å². The van der Waals surface area contributed by atoms with E-state index in [4.69, 9.17) is 23.9 Å². The maximum Gasteiger partial charge on any atom is 0.271 e. The summed E-state index contributed by atoms with van der Waals surface area (Å²) < 4.78 is 24.0. The van der Waals surface area contributed by atoms with Crippen LogP contribution in [0.15, 0.2) is 21.9 Å². The smallest absolute Gasteiger partial charge is 0.271 e. The number of nitrogens with one attached hydrogen (secondary N) is 1. The van der Waals surface area contributed by atoms with Crippen LogP contribution in [0.25, 0.3) is 0 Å². The molecule has 1 aromatic heterocycles. The van der Waals surface area contributed by atoms with Crippen LogP contribution in [0.4, 0.5) is 5.82 Å². The number of ether oxygens (including phenoxy) is 4. The minimum absolute atomic E-state index is 0.128. The summed E-state index contributed by atoms with van der Waals surface area (Å²) in [6, 6.07) is 3.93. The summed E-state index contributed by atoms with van der Waals surface area (Å²) >= 11 is 1.53. The molecule has 0 bridgehead atoms. The first-order chi connectivity index (χ1) is 14.1.